The zero-order valence-corrected chi connectivity index (χ0v) is 11.4. The number of anilines is 2. The lowest BCUT2D eigenvalue weighted by Crippen LogP contribution is -2.08. The number of aromatic nitrogens is 5. The number of aromatic amines is 1. The Morgan fingerprint density at radius 1 is 1.35 bits per heavy atom. The van der Waals surface area contributed by atoms with Gasteiger partial charge in [-0.1, -0.05) is 6.42 Å². The van der Waals surface area contributed by atoms with Crippen LogP contribution in [0.5, 0.6) is 0 Å². The van der Waals surface area contributed by atoms with Gasteiger partial charge in [-0.3, -0.25) is 9.50 Å². The molecule has 0 unspecified atom stereocenters. The van der Waals surface area contributed by atoms with E-state index in [4.69, 9.17) is 11.6 Å². The van der Waals surface area contributed by atoms with Crippen LogP contribution in [-0.2, 0) is 0 Å². The van der Waals surface area contributed by atoms with Crippen LogP contribution in [0.3, 0.4) is 0 Å². The fourth-order valence-corrected chi connectivity index (χ4v) is 2.60. The van der Waals surface area contributed by atoms with E-state index in [1.165, 1.54) is 25.0 Å². The van der Waals surface area contributed by atoms with Crippen molar-refractivity contribution in [3.05, 3.63) is 35.4 Å². The van der Waals surface area contributed by atoms with E-state index in [-0.39, 0.29) is 5.28 Å². The molecule has 3 heterocycles. The van der Waals surface area contributed by atoms with Crippen LogP contribution in [0.4, 0.5) is 11.8 Å². The summed E-state index contributed by atoms with van der Waals surface area (Å²) in [5.41, 5.74) is 1.94. The molecule has 2 N–H and O–H groups in total. The monoisotopic (exact) mass is 288 g/mol. The predicted molar refractivity (Wildman–Crippen MR) is 76.5 cm³/mol. The van der Waals surface area contributed by atoms with Gasteiger partial charge in [0.15, 0.2) is 5.82 Å². The SMILES string of the molecule is Clc1nc(Nc2cc(C3CCC3)[nH]n2)n2cccc2n1. The maximum Gasteiger partial charge on any atom is 0.227 e. The molecular weight excluding hydrogens is 276 g/mol. The van der Waals surface area contributed by atoms with E-state index < -0.39 is 0 Å². The summed E-state index contributed by atoms with van der Waals surface area (Å²) < 4.78 is 1.84. The summed E-state index contributed by atoms with van der Waals surface area (Å²) in [5, 5.41) is 10.8. The summed E-state index contributed by atoms with van der Waals surface area (Å²) >= 11 is 5.93. The molecule has 0 aliphatic heterocycles. The molecule has 1 aliphatic rings. The van der Waals surface area contributed by atoms with Gasteiger partial charge in [0, 0.05) is 23.9 Å². The fourth-order valence-electron chi connectivity index (χ4n) is 2.43. The lowest BCUT2D eigenvalue weighted by atomic mass is 9.83. The Hall–Kier alpha value is -2.08. The molecule has 0 saturated heterocycles. The minimum Gasteiger partial charge on any atom is -0.308 e. The Morgan fingerprint density at radius 2 is 2.25 bits per heavy atom. The van der Waals surface area contributed by atoms with Crippen molar-refractivity contribution in [3.63, 3.8) is 0 Å². The van der Waals surface area contributed by atoms with Gasteiger partial charge in [0.1, 0.15) is 5.65 Å². The first-order valence-electron chi connectivity index (χ1n) is 6.62. The van der Waals surface area contributed by atoms with Gasteiger partial charge in [0.25, 0.3) is 0 Å². The Bertz CT molecular complexity index is 757. The number of nitrogens with one attached hydrogen (secondary N) is 2. The lowest BCUT2D eigenvalue weighted by molar-refractivity contribution is 0.410. The van der Waals surface area contributed by atoms with Crippen molar-refractivity contribution in [2.24, 2.45) is 0 Å². The molecule has 102 valence electrons. The molecule has 1 fully saturated rings. The molecule has 3 aromatic rings. The predicted octanol–water partition coefficient (Wildman–Crippen LogP) is 3.12. The van der Waals surface area contributed by atoms with Crippen LogP contribution in [0.1, 0.15) is 30.9 Å². The van der Waals surface area contributed by atoms with Crippen molar-refractivity contribution in [2.45, 2.75) is 25.2 Å². The highest BCUT2D eigenvalue weighted by Crippen LogP contribution is 2.36. The van der Waals surface area contributed by atoms with Gasteiger partial charge in [0.2, 0.25) is 11.2 Å². The van der Waals surface area contributed by atoms with Crippen molar-refractivity contribution in [1.29, 1.82) is 0 Å². The van der Waals surface area contributed by atoms with Crippen LogP contribution in [-0.4, -0.2) is 24.6 Å². The quantitative estimate of drug-likeness (QED) is 0.777. The number of halogens is 1. The molecule has 3 aromatic heterocycles. The number of fused-ring (bicyclic) bond motifs is 1. The van der Waals surface area contributed by atoms with E-state index in [9.17, 15) is 0 Å². The van der Waals surface area contributed by atoms with E-state index >= 15 is 0 Å². The first-order chi connectivity index (χ1) is 9.79. The van der Waals surface area contributed by atoms with Crippen LogP contribution in [0.15, 0.2) is 24.4 Å². The third-order valence-electron chi connectivity index (χ3n) is 3.74. The fraction of sp³-hybridized carbons (Fsp3) is 0.308. The zero-order chi connectivity index (χ0) is 13.5. The first kappa shape index (κ1) is 11.7. The smallest absolute Gasteiger partial charge is 0.227 e. The van der Waals surface area contributed by atoms with Gasteiger partial charge < -0.3 is 5.32 Å². The minimum atomic E-state index is 0.216. The van der Waals surface area contributed by atoms with Gasteiger partial charge in [-0.25, -0.2) is 0 Å². The maximum absolute atomic E-state index is 5.93. The van der Waals surface area contributed by atoms with Gasteiger partial charge >= 0.3 is 0 Å². The van der Waals surface area contributed by atoms with Crippen molar-refractivity contribution in [1.82, 2.24) is 24.6 Å². The molecule has 0 amide bonds. The van der Waals surface area contributed by atoms with Crippen molar-refractivity contribution in [3.8, 4) is 0 Å². The molecule has 1 saturated carbocycles. The van der Waals surface area contributed by atoms with E-state index in [0.29, 0.717) is 11.9 Å². The second-order valence-electron chi connectivity index (χ2n) is 5.01. The molecule has 1 aliphatic carbocycles. The van der Waals surface area contributed by atoms with E-state index in [0.717, 1.165) is 11.5 Å². The average molecular weight is 289 g/mol. The van der Waals surface area contributed by atoms with E-state index in [1.54, 1.807) is 0 Å². The molecule has 0 spiro atoms. The number of rotatable bonds is 3. The Morgan fingerprint density at radius 3 is 3.05 bits per heavy atom. The largest absolute Gasteiger partial charge is 0.308 e. The van der Waals surface area contributed by atoms with Gasteiger partial charge in [-0.15, -0.1) is 0 Å². The minimum absolute atomic E-state index is 0.216. The molecule has 4 rings (SSSR count). The zero-order valence-electron chi connectivity index (χ0n) is 10.7. The van der Waals surface area contributed by atoms with Crippen LogP contribution in [0.25, 0.3) is 5.65 Å². The van der Waals surface area contributed by atoms with Crippen LogP contribution < -0.4 is 5.32 Å². The molecule has 0 bridgehead atoms. The molecule has 0 aromatic carbocycles. The second kappa shape index (κ2) is 4.49. The van der Waals surface area contributed by atoms with Crippen LogP contribution >= 0.6 is 11.6 Å². The van der Waals surface area contributed by atoms with Gasteiger partial charge in [-0.2, -0.15) is 15.1 Å². The molecule has 20 heavy (non-hydrogen) atoms. The third kappa shape index (κ3) is 1.92. The van der Waals surface area contributed by atoms with Gasteiger partial charge in [-0.05, 0) is 36.6 Å². The Balaban J connectivity index is 1.66. The summed E-state index contributed by atoms with van der Waals surface area (Å²) in [5.74, 6) is 1.98. The summed E-state index contributed by atoms with van der Waals surface area (Å²) in [6, 6.07) is 5.81. The Labute approximate surface area is 120 Å². The first-order valence-corrected chi connectivity index (χ1v) is 7.00. The number of hydrogen-bond acceptors (Lipinski definition) is 4. The summed E-state index contributed by atoms with van der Waals surface area (Å²) in [6.45, 7) is 0. The third-order valence-corrected chi connectivity index (χ3v) is 3.91. The standard InChI is InChI=1S/C13H13ClN6/c14-12-16-11-5-2-6-20(11)13(17-12)15-10-7-9(18-19-10)8-3-1-4-8/h2,5-8H,1,3-4H2,(H2,15,16,17,18,19). The lowest BCUT2D eigenvalue weighted by Gasteiger charge is -2.23. The second-order valence-corrected chi connectivity index (χ2v) is 5.35. The number of hydrogen-bond donors (Lipinski definition) is 2. The van der Waals surface area contributed by atoms with Crippen molar-refractivity contribution < 1.29 is 0 Å². The van der Waals surface area contributed by atoms with Gasteiger partial charge in [0.05, 0.1) is 0 Å². The van der Waals surface area contributed by atoms with E-state index in [2.05, 4.69) is 25.5 Å². The Kier molecular flexibility index (Phi) is 2.63. The molecule has 7 heteroatoms. The molecule has 0 radical (unpaired) electrons. The van der Waals surface area contributed by atoms with Crippen LogP contribution in [0, 0.1) is 0 Å². The van der Waals surface area contributed by atoms with Crippen molar-refractivity contribution >= 4 is 29.0 Å². The summed E-state index contributed by atoms with van der Waals surface area (Å²) in [7, 11) is 0. The highest BCUT2D eigenvalue weighted by atomic mass is 35.5. The topological polar surface area (TPSA) is 70.9 Å². The molecular formula is C13H13ClN6. The number of H-pyrrole nitrogens is 1. The normalized spacial score (nSPS) is 15.4. The molecule has 6 nitrogen and oxygen atoms in total. The highest BCUT2D eigenvalue weighted by molar-refractivity contribution is 6.28. The number of nitrogens with zero attached hydrogens (tertiary/aromatic N) is 4. The average Bonchev–Trinajstić information content (AvgIpc) is 2.96. The maximum atomic E-state index is 5.93. The van der Waals surface area contributed by atoms with E-state index in [1.807, 2.05) is 28.8 Å². The van der Waals surface area contributed by atoms with Crippen LogP contribution in [0.2, 0.25) is 5.28 Å². The highest BCUT2D eigenvalue weighted by Gasteiger charge is 2.21. The summed E-state index contributed by atoms with van der Waals surface area (Å²) in [6.07, 6.45) is 5.66. The summed E-state index contributed by atoms with van der Waals surface area (Å²) in [4.78, 5) is 8.35. The molecule has 0 atom stereocenters. The van der Waals surface area contributed by atoms with Crippen molar-refractivity contribution in [2.75, 3.05) is 5.32 Å².